The zero-order valence-corrected chi connectivity index (χ0v) is 23.0. The SMILES string of the molecule is CC(C)[C@@H]1COc2ccccc2C(=O)NC/C=C/CC2(CCN(CC(=O)NC3CCSC3=O)CC2)C(=O)N1. The van der Waals surface area contributed by atoms with E-state index in [1.807, 2.05) is 32.1 Å². The lowest BCUT2D eigenvalue weighted by atomic mass is 9.74. The van der Waals surface area contributed by atoms with E-state index >= 15 is 0 Å². The van der Waals surface area contributed by atoms with Crippen molar-refractivity contribution >= 4 is 34.6 Å². The van der Waals surface area contributed by atoms with E-state index in [9.17, 15) is 19.2 Å². The molecule has 3 aliphatic rings. The molecule has 9 nitrogen and oxygen atoms in total. The predicted molar refractivity (Wildman–Crippen MR) is 147 cm³/mol. The van der Waals surface area contributed by atoms with Crippen LogP contribution < -0.4 is 20.7 Å². The van der Waals surface area contributed by atoms with Crippen LogP contribution in [0, 0.1) is 11.3 Å². The van der Waals surface area contributed by atoms with Gasteiger partial charge in [-0.15, -0.1) is 0 Å². The standard InChI is InChI=1S/C28H38N4O5S/c1-19(2)22-18-37-23-8-4-3-7-20(23)25(34)29-13-6-5-10-28(27(36)31-22)11-14-32(15-12-28)17-24(33)30-21-9-16-38-26(21)35/h3-8,19,21-22H,9-18H2,1-2H3,(H,29,34)(H,30,33)(H,31,36)/b6-5+/t21?,22-/m0/s1. The first-order valence-corrected chi connectivity index (χ1v) is 14.4. The lowest BCUT2D eigenvalue weighted by Gasteiger charge is -2.41. The van der Waals surface area contributed by atoms with E-state index in [1.165, 1.54) is 11.8 Å². The zero-order valence-electron chi connectivity index (χ0n) is 22.2. The van der Waals surface area contributed by atoms with E-state index in [-0.39, 0.29) is 54.0 Å². The van der Waals surface area contributed by atoms with Gasteiger partial charge in [-0.3, -0.25) is 24.1 Å². The smallest absolute Gasteiger partial charge is 0.255 e. The van der Waals surface area contributed by atoms with Gasteiger partial charge in [0.05, 0.1) is 29.6 Å². The second-order valence-electron chi connectivity index (χ2n) is 10.6. The topological polar surface area (TPSA) is 117 Å². The summed E-state index contributed by atoms with van der Waals surface area (Å²) in [6, 6.07) is 6.51. The van der Waals surface area contributed by atoms with Gasteiger partial charge in [0.15, 0.2) is 0 Å². The van der Waals surface area contributed by atoms with Gasteiger partial charge in [-0.1, -0.05) is 49.9 Å². The summed E-state index contributed by atoms with van der Waals surface area (Å²) in [6.07, 6.45) is 6.30. The number of carbonyl (C=O) groups excluding carboxylic acids is 4. The normalized spacial score (nSPS) is 25.6. The van der Waals surface area contributed by atoms with Crippen LogP contribution >= 0.6 is 11.8 Å². The molecule has 1 aromatic carbocycles. The number of thioether (sulfide) groups is 1. The molecule has 0 bridgehead atoms. The zero-order chi connectivity index (χ0) is 27.1. The average molecular weight is 543 g/mol. The number of benzene rings is 1. The van der Waals surface area contributed by atoms with Crippen molar-refractivity contribution in [2.45, 2.75) is 51.6 Å². The first-order chi connectivity index (χ1) is 18.3. The number of nitrogens with one attached hydrogen (secondary N) is 3. The number of hydrogen-bond acceptors (Lipinski definition) is 7. The summed E-state index contributed by atoms with van der Waals surface area (Å²) in [5.74, 6) is 1.01. The third-order valence-corrected chi connectivity index (χ3v) is 8.67. The monoisotopic (exact) mass is 542 g/mol. The Labute approximate surface area is 228 Å². The summed E-state index contributed by atoms with van der Waals surface area (Å²) < 4.78 is 6.05. The Kier molecular flexibility index (Phi) is 9.49. The van der Waals surface area contributed by atoms with Crippen molar-refractivity contribution < 1.29 is 23.9 Å². The van der Waals surface area contributed by atoms with Crippen molar-refractivity contribution in [3.63, 3.8) is 0 Å². The molecule has 0 aromatic heterocycles. The van der Waals surface area contributed by atoms with E-state index in [0.717, 1.165) is 5.75 Å². The minimum absolute atomic E-state index is 0.00323. The van der Waals surface area contributed by atoms with Gasteiger partial charge >= 0.3 is 0 Å². The van der Waals surface area contributed by atoms with Gasteiger partial charge < -0.3 is 20.7 Å². The Hall–Kier alpha value is -2.85. The molecule has 1 unspecified atom stereocenters. The molecule has 0 aliphatic carbocycles. The number of carbonyl (C=O) groups is 4. The van der Waals surface area contributed by atoms with E-state index in [1.54, 1.807) is 18.2 Å². The van der Waals surface area contributed by atoms with Crippen LogP contribution in [0.1, 0.15) is 49.9 Å². The minimum atomic E-state index is -0.610. The number of hydrogen-bond donors (Lipinski definition) is 3. The predicted octanol–water partition coefficient (Wildman–Crippen LogP) is 2.13. The number of ether oxygens (including phenoxy) is 1. The summed E-state index contributed by atoms with van der Waals surface area (Å²) in [6.45, 7) is 6.11. The molecule has 1 aromatic rings. The quantitative estimate of drug-likeness (QED) is 0.499. The van der Waals surface area contributed by atoms with Crippen LogP contribution in [0.25, 0.3) is 0 Å². The highest BCUT2D eigenvalue weighted by Crippen LogP contribution is 2.36. The molecule has 0 saturated carbocycles. The molecular weight excluding hydrogens is 504 g/mol. The van der Waals surface area contributed by atoms with Gasteiger partial charge in [0.25, 0.3) is 5.91 Å². The maximum Gasteiger partial charge on any atom is 0.255 e. The Morgan fingerprint density at radius 2 is 1.95 bits per heavy atom. The van der Waals surface area contributed by atoms with Gasteiger partial charge in [0.1, 0.15) is 12.4 Å². The summed E-state index contributed by atoms with van der Waals surface area (Å²) in [4.78, 5) is 52.9. The van der Waals surface area contributed by atoms with Crippen LogP contribution in [0.4, 0.5) is 0 Å². The fourth-order valence-electron chi connectivity index (χ4n) is 5.05. The number of para-hydroxylation sites is 1. The largest absolute Gasteiger partial charge is 0.491 e. The number of fused-ring (bicyclic) bond motifs is 1. The Morgan fingerprint density at radius 3 is 2.66 bits per heavy atom. The first-order valence-electron chi connectivity index (χ1n) is 13.4. The van der Waals surface area contributed by atoms with Crippen LogP contribution in [0.5, 0.6) is 5.75 Å². The van der Waals surface area contributed by atoms with E-state index < -0.39 is 5.41 Å². The molecule has 0 radical (unpaired) electrons. The van der Waals surface area contributed by atoms with E-state index in [4.69, 9.17) is 4.74 Å². The molecule has 1 spiro atoms. The molecule has 3 N–H and O–H groups in total. The third-order valence-electron chi connectivity index (χ3n) is 7.66. The van der Waals surface area contributed by atoms with Gasteiger partial charge in [0.2, 0.25) is 16.9 Å². The summed E-state index contributed by atoms with van der Waals surface area (Å²) in [5.41, 5.74) is -0.142. The van der Waals surface area contributed by atoms with Gasteiger partial charge in [0, 0.05) is 12.3 Å². The number of nitrogens with zero attached hydrogens (tertiary/aromatic N) is 1. The summed E-state index contributed by atoms with van der Waals surface area (Å²) in [5, 5.41) is 9.03. The second kappa shape index (κ2) is 12.8. The minimum Gasteiger partial charge on any atom is -0.491 e. The molecule has 10 heteroatoms. The molecule has 2 fully saturated rings. The van der Waals surface area contributed by atoms with E-state index in [2.05, 4.69) is 20.9 Å². The van der Waals surface area contributed by atoms with Gasteiger partial charge in [-0.05, 0) is 56.8 Å². The lowest BCUT2D eigenvalue weighted by molar-refractivity contribution is -0.135. The van der Waals surface area contributed by atoms with Crippen LogP contribution in [0.2, 0.25) is 0 Å². The van der Waals surface area contributed by atoms with Crippen molar-refractivity contribution in [3.8, 4) is 5.75 Å². The fraction of sp³-hybridized carbons (Fsp3) is 0.571. The average Bonchev–Trinajstić information content (AvgIpc) is 3.30. The molecule has 38 heavy (non-hydrogen) atoms. The van der Waals surface area contributed by atoms with Crippen LogP contribution in [0.15, 0.2) is 36.4 Å². The van der Waals surface area contributed by atoms with Crippen molar-refractivity contribution in [2.24, 2.45) is 11.3 Å². The van der Waals surface area contributed by atoms with Gasteiger partial charge in [-0.25, -0.2) is 0 Å². The molecular formula is C28H38N4O5S. The molecule has 3 heterocycles. The number of rotatable bonds is 4. The van der Waals surface area contributed by atoms with Crippen molar-refractivity contribution in [1.82, 2.24) is 20.9 Å². The Bertz CT molecular complexity index is 1070. The molecule has 2 atom stereocenters. The molecule has 4 rings (SSSR count). The molecule has 3 aliphatic heterocycles. The Balaban J connectivity index is 1.43. The number of likely N-dealkylation sites (tertiary alicyclic amines) is 1. The van der Waals surface area contributed by atoms with Crippen molar-refractivity contribution in [2.75, 3.05) is 38.5 Å². The molecule has 206 valence electrons. The molecule has 2 saturated heterocycles. The maximum atomic E-state index is 13.8. The number of amides is 3. The number of allylic oxidation sites excluding steroid dienone is 1. The van der Waals surface area contributed by atoms with Crippen molar-refractivity contribution in [3.05, 3.63) is 42.0 Å². The highest BCUT2D eigenvalue weighted by Gasteiger charge is 2.42. The third kappa shape index (κ3) is 6.96. The summed E-state index contributed by atoms with van der Waals surface area (Å²) >= 11 is 1.27. The first kappa shape index (κ1) is 28.2. The highest BCUT2D eigenvalue weighted by molar-refractivity contribution is 8.14. The Morgan fingerprint density at radius 1 is 1.18 bits per heavy atom. The lowest BCUT2D eigenvalue weighted by Crippen LogP contribution is -2.54. The van der Waals surface area contributed by atoms with Crippen molar-refractivity contribution in [1.29, 1.82) is 0 Å². The van der Waals surface area contributed by atoms with Gasteiger partial charge in [-0.2, -0.15) is 0 Å². The molecule has 3 amide bonds. The number of piperidine rings is 1. The fourth-order valence-corrected chi connectivity index (χ4v) is 5.99. The maximum absolute atomic E-state index is 13.8. The van der Waals surface area contributed by atoms with E-state index in [0.29, 0.717) is 56.6 Å². The summed E-state index contributed by atoms with van der Waals surface area (Å²) in [7, 11) is 0. The van der Waals surface area contributed by atoms with Crippen LogP contribution in [-0.4, -0.2) is 78.4 Å². The highest BCUT2D eigenvalue weighted by atomic mass is 32.2. The van der Waals surface area contributed by atoms with Crippen LogP contribution in [0.3, 0.4) is 0 Å². The second-order valence-corrected chi connectivity index (χ2v) is 11.7. The van der Waals surface area contributed by atoms with Crippen LogP contribution in [-0.2, 0) is 14.4 Å².